The van der Waals surface area contributed by atoms with Gasteiger partial charge in [-0.2, -0.15) is 0 Å². The van der Waals surface area contributed by atoms with E-state index in [2.05, 4.69) is 20.8 Å². The molecule has 0 bridgehead atoms. The van der Waals surface area contributed by atoms with Crippen LogP contribution >= 0.6 is 0 Å². The first-order valence-corrected chi connectivity index (χ1v) is 3.81. The molecule has 1 N–H and O–H groups in total. The van der Waals surface area contributed by atoms with E-state index in [1.165, 1.54) is 6.08 Å². The minimum absolute atomic E-state index is 0.294. The number of carboxylic acids is 1. The van der Waals surface area contributed by atoms with Gasteiger partial charge in [0.15, 0.2) is 0 Å². The van der Waals surface area contributed by atoms with E-state index in [9.17, 15) is 4.79 Å². The minimum Gasteiger partial charge on any atom is -0.478 e. The highest BCUT2D eigenvalue weighted by Gasteiger charge is 2.07. The van der Waals surface area contributed by atoms with Crippen LogP contribution in [0.5, 0.6) is 0 Å². The number of carboxylic acid groups (broad SMARTS) is 1. The standard InChI is InChI=1S/C9H16O2/c1-9(2,3)7-5-4-6-8(10)11/h4,6H,5,7H2,1-3H3,(H,10,11)/b6-4-. The third kappa shape index (κ3) is 9.21. The second-order valence-electron chi connectivity index (χ2n) is 3.84. The Morgan fingerprint density at radius 1 is 1.45 bits per heavy atom. The van der Waals surface area contributed by atoms with Crippen LogP contribution in [0, 0.1) is 5.41 Å². The first-order chi connectivity index (χ1) is 4.92. The fourth-order valence-corrected chi connectivity index (χ4v) is 0.700. The van der Waals surface area contributed by atoms with Crippen molar-refractivity contribution in [2.45, 2.75) is 33.6 Å². The van der Waals surface area contributed by atoms with Gasteiger partial charge >= 0.3 is 5.97 Å². The van der Waals surface area contributed by atoms with Gasteiger partial charge in [0.05, 0.1) is 0 Å². The Morgan fingerprint density at radius 2 is 2.00 bits per heavy atom. The molecule has 0 saturated carbocycles. The first-order valence-electron chi connectivity index (χ1n) is 3.81. The van der Waals surface area contributed by atoms with Gasteiger partial charge in [0.25, 0.3) is 0 Å². The van der Waals surface area contributed by atoms with Gasteiger partial charge in [0, 0.05) is 6.08 Å². The van der Waals surface area contributed by atoms with Crippen LogP contribution in [-0.4, -0.2) is 11.1 Å². The Balaban J connectivity index is 3.50. The Bertz CT molecular complexity index is 151. The number of hydrogen-bond acceptors (Lipinski definition) is 1. The SMILES string of the molecule is CC(C)(C)CC/C=C\C(=O)O. The van der Waals surface area contributed by atoms with Crippen LogP contribution in [0.1, 0.15) is 33.6 Å². The Labute approximate surface area is 67.9 Å². The predicted octanol–water partition coefficient (Wildman–Crippen LogP) is 2.45. The van der Waals surface area contributed by atoms with Crippen LogP contribution in [-0.2, 0) is 4.79 Å². The van der Waals surface area contributed by atoms with Crippen molar-refractivity contribution >= 4 is 5.97 Å². The predicted molar refractivity (Wildman–Crippen MR) is 45.5 cm³/mol. The molecule has 0 amide bonds. The average molecular weight is 156 g/mol. The van der Waals surface area contributed by atoms with Crippen LogP contribution in [0.4, 0.5) is 0 Å². The quantitative estimate of drug-likeness (QED) is 0.637. The summed E-state index contributed by atoms with van der Waals surface area (Å²) in [6.45, 7) is 6.42. The summed E-state index contributed by atoms with van der Waals surface area (Å²) in [6.07, 6.45) is 4.77. The van der Waals surface area contributed by atoms with Crippen molar-refractivity contribution < 1.29 is 9.90 Å². The van der Waals surface area contributed by atoms with Crippen molar-refractivity contribution in [3.8, 4) is 0 Å². The molecule has 0 aliphatic heterocycles. The van der Waals surface area contributed by atoms with Gasteiger partial charge in [-0.05, 0) is 18.3 Å². The number of carbonyl (C=O) groups is 1. The van der Waals surface area contributed by atoms with Crippen molar-refractivity contribution in [1.82, 2.24) is 0 Å². The summed E-state index contributed by atoms with van der Waals surface area (Å²) in [6, 6.07) is 0. The van der Waals surface area contributed by atoms with Crippen molar-refractivity contribution in [3.63, 3.8) is 0 Å². The van der Waals surface area contributed by atoms with Crippen molar-refractivity contribution in [2.75, 3.05) is 0 Å². The molecule has 0 rings (SSSR count). The van der Waals surface area contributed by atoms with Crippen LogP contribution in [0.2, 0.25) is 0 Å². The molecule has 0 atom stereocenters. The number of rotatable bonds is 3. The van der Waals surface area contributed by atoms with Crippen molar-refractivity contribution in [3.05, 3.63) is 12.2 Å². The maximum atomic E-state index is 10.0. The fraction of sp³-hybridized carbons (Fsp3) is 0.667. The normalized spacial score (nSPS) is 12.3. The highest BCUT2D eigenvalue weighted by molar-refractivity contribution is 5.79. The summed E-state index contributed by atoms with van der Waals surface area (Å²) in [5.74, 6) is -0.862. The molecular weight excluding hydrogens is 140 g/mol. The molecule has 0 aromatic heterocycles. The fourth-order valence-electron chi connectivity index (χ4n) is 0.700. The molecule has 2 nitrogen and oxygen atoms in total. The topological polar surface area (TPSA) is 37.3 Å². The van der Waals surface area contributed by atoms with Crippen LogP contribution in [0.25, 0.3) is 0 Å². The van der Waals surface area contributed by atoms with Gasteiger partial charge in [0.1, 0.15) is 0 Å². The molecule has 0 aliphatic rings. The molecule has 64 valence electrons. The Morgan fingerprint density at radius 3 is 2.36 bits per heavy atom. The average Bonchev–Trinajstić information content (AvgIpc) is 1.78. The minimum atomic E-state index is -0.862. The summed E-state index contributed by atoms with van der Waals surface area (Å²) < 4.78 is 0. The van der Waals surface area contributed by atoms with Gasteiger partial charge in [-0.1, -0.05) is 26.8 Å². The molecule has 0 radical (unpaired) electrons. The lowest BCUT2D eigenvalue weighted by atomic mass is 9.90. The maximum absolute atomic E-state index is 10.0. The maximum Gasteiger partial charge on any atom is 0.327 e. The van der Waals surface area contributed by atoms with Crippen LogP contribution in [0.15, 0.2) is 12.2 Å². The smallest absolute Gasteiger partial charge is 0.327 e. The summed E-state index contributed by atoms with van der Waals surface area (Å²) in [7, 11) is 0. The summed E-state index contributed by atoms with van der Waals surface area (Å²) >= 11 is 0. The van der Waals surface area contributed by atoms with E-state index in [0.717, 1.165) is 12.8 Å². The Kier molecular flexibility index (Phi) is 3.86. The zero-order valence-electron chi connectivity index (χ0n) is 7.42. The van der Waals surface area contributed by atoms with Crippen molar-refractivity contribution in [2.24, 2.45) is 5.41 Å². The highest BCUT2D eigenvalue weighted by Crippen LogP contribution is 2.20. The lowest BCUT2D eigenvalue weighted by Crippen LogP contribution is -2.03. The van der Waals surface area contributed by atoms with E-state index in [1.54, 1.807) is 6.08 Å². The molecule has 11 heavy (non-hydrogen) atoms. The van der Waals surface area contributed by atoms with Crippen molar-refractivity contribution in [1.29, 1.82) is 0 Å². The lowest BCUT2D eigenvalue weighted by Gasteiger charge is -2.15. The van der Waals surface area contributed by atoms with Gasteiger partial charge in [0.2, 0.25) is 0 Å². The van der Waals surface area contributed by atoms with Gasteiger partial charge in [-0.25, -0.2) is 4.79 Å². The zero-order valence-corrected chi connectivity index (χ0v) is 7.42. The second kappa shape index (κ2) is 4.16. The number of aliphatic carboxylic acids is 1. The summed E-state index contributed by atoms with van der Waals surface area (Å²) in [5, 5.41) is 8.26. The van der Waals surface area contributed by atoms with E-state index < -0.39 is 5.97 Å². The van der Waals surface area contributed by atoms with Gasteiger partial charge in [-0.15, -0.1) is 0 Å². The molecule has 0 heterocycles. The summed E-state index contributed by atoms with van der Waals surface area (Å²) in [4.78, 5) is 10.0. The van der Waals surface area contributed by atoms with Gasteiger partial charge < -0.3 is 5.11 Å². The third-order valence-electron chi connectivity index (χ3n) is 1.32. The molecule has 0 aliphatic carbocycles. The lowest BCUT2D eigenvalue weighted by molar-refractivity contribution is -0.131. The third-order valence-corrected chi connectivity index (χ3v) is 1.32. The number of hydrogen-bond donors (Lipinski definition) is 1. The largest absolute Gasteiger partial charge is 0.478 e. The second-order valence-corrected chi connectivity index (χ2v) is 3.84. The summed E-state index contributed by atoms with van der Waals surface area (Å²) in [5.41, 5.74) is 0.294. The highest BCUT2D eigenvalue weighted by atomic mass is 16.4. The van der Waals surface area contributed by atoms with E-state index in [4.69, 9.17) is 5.11 Å². The molecule has 0 spiro atoms. The van der Waals surface area contributed by atoms with E-state index in [-0.39, 0.29) is 0 Å². The van der Waals surface area contributed by atoms with E-state index in [1.807, 2.05) is 0 Å². The first kappa shape index (κ1) is 10.2. The Hall–Kier alpha value is -0.790. The molecule has 0 unspecified atom stereocenters. The molecule has 0 fully saturated rings. The molecule has 0 saturated heterocycles. The van der Waals surface area contributed by atoms with Crippen LogP contribution < -0.4 is 0 Å². The molecule has 0 aromatic carbocycles. The molecule has 2 heteroatoms. The van der Waals surface area contributed by atoms with E-state index >= 15 is 0 Å². The van der Waals surface area contributed by atoms with Gasteiger partial charge in [-0.3, -0.25) is 0 Å². The monoisotopic (exact) mass is 156 g/mol. The van der Waals surface area contributed by atoms with Crippen LogP contribution in [0.3, 0.4) is 0 Å². The zero-order chi connectivity index (χ0) is 8.91. The number of allylic oxidation sites excluding steroid dienone is 1. The van der Waals surface area contributed by atoms with E-state index in [0.29, 0.717) is 5.41 Å². The molecule has 0 aromatic rings. The molecular formula is C9H16O2.